The number of rotatable bonds is 4. The van der Waals surface area contributed by atoms with Gasteiger partial charge in [0.2, 0.25) is 0 Å². The minimum atomic E-state index is -4.61. The summed E-state index contributed by atoms with van der Waals surface area (Å²) >= 11 is 0. The molecule has 0 saturated heterocycles. The SMILES string of the molecule is Cc1cnccc1NC(=O)c1cc(C(F)(F)F)ccc1Nc1ccc(F)cc1C. The van der Waals surface area contributed by atoms with Gasteiger partial charge in [-0.1, -0.05) is 0 Å². The Hall–Kier alpha value is -3.42. The quantitative estimate of drug-likeness (QED) is 0.537. The van der Waals surface area contributed by atoms with E-state index in [9.17, 15) is 22.4 Å². The number of hydrogen-bond acceptors (Lipinski definition) is 3. The molecule has 1 heterocycles. The number of nitrogens with one attached hydrogen (secondary N) is 2. The van der Waals surface area contributed by atoms with Crippen molar-refractivity contribution in [2.75, 3.05) is 10.6 Å². The van der Waals surface area contributed by atoms with Crippen molar-refractivity contribution in [3.05, 3.63) is 82.9 Å². The van der Waals surface area contributed by atoms with Crippen molar-refractivity contribution in [2.24, 2.45) is 0 Å². The molecule has 29 heavy (non-hydrogen) atoms. The molecule has 1 amide bonds. The molecule has 3 rings (SSSR count). The normalized spacial score (nSPS) is 11.2. The number of pyridine rings is 1. The van der Waals surface area contributed by atoms with Crippen LogP contribution in [0.4, 0.5) is 34.6 Å². The van der Waals surface area contributed by atoms with E-state index in [0.29, 0.717) is 22.5 Å². The maximum absolute atomic E-state index is 13.3. The van der Waals surface area contributed by atoms with E-state index in [1.807, 2.05) is 0 Å². The van der Waals surface area contributed by atoms with Crippen LogP contribution in [0.15, 0.2) is 54.9 Å². The molecule has 0 fully saturated rings. The number of carbonyl (C=O) groups excluding carboxylic acids is 1. The highest BCUT2D eigenvalue weighted by Crippen LogP contribution is 2.33. The Balaban J connectivity index is 2.01. The first-order valence-electron chi connectivity index (χ1n) is 8.61. The van der Waals surface area contributed by atoms with Crippen molar-refractivity contribution < 1.29 is 22.4 Å². The first-order chi connectivity index (χ1) is 13.6. The molecule has 3 aromatic rings. The van der Waals surface area contributed by atoms with Crippen LogP contribution in [0, 0.1) is 19.7 Å². The minimum Gasteiger partial charge on any atom is -0.355 e. The number of anilines is 3. The van der Waals surface area contributed by atoms with Crippen LogP contribution >= 0.6 is 0 Å². The maximum atomic E-state index is 13.3. The highest BCUT2D eigenvalue weighted by atomic mass is 19.4. The summed E-state index contributed by atoms with van der Waals surface area (Å²) in [6.07, 6.45) is -1.61. The average Bonchev–Trinajstić information content (AvgIpc) is 2.65. The number of aromatic nitrogens is 1. The van der Waals surface area contributed by atoms with Crippen molar-refractivity contribution in [3.63, 3.8) is 0 Å². The fraction of sp³-hybridized carbons (Fsp3) is 0.143. The van der Waals surface area contributed by atoms with E-state index in [1.54, 1.807) is 19.9 Å². The molecule has 0 atom stereocenters. The lowest BCUT2D eigenvalue weighted by atomic mass is 10.1. The predicted molar refractivity (Wildman–Crippen MR) is 103 cm³/mol. The Morgan fingerprint density at radius 1 is 0.931 bits per heavy atom. The summed E-state index contributed by atoms with van der Waals surface area (Å²) in [4.78, 5) is 16.7. The van der Waals surface area contributed by atoms with E-state index in [4.69, 9.17) is 0 Å². The van der Waals surface area contributed by atoms with Crippen LogP contribution in [0.5, 0.6) is 0 Å². The van der Waals surface area contributed by atoms with E-state index < -0.39 is 23.5 Å². The molecule has 4 nitrogen and oxygen atoms in total. The fourth-order valence-electron chi connectivity index (χ4n) is 2.73. The smallest absolute Gasteiger partial charge is 0.355 e. The summed E-state index contributed by atoms with van der Waals surface area (Å²) in [6, 6.07) is 8.36. The molecule has 0 aliphatic heterocycles. The largest absolute Gasteiger partial charge is 0.416 e. The fourth-order valence-corrected chi connectivity index (χ4v) is 2.73. The van der Waals surface area contributed by atoms with Gasteiger partial charge >= 0.3 is 6.18 Å². The lowest BCUT2D eigenvalue weighted by Crippen LogP contribution is -2.17. The molecule has 2 aromatic carbocycles. The maximum Gasteiger partial charge on any atom is 0.416 e. The standard InChI is InChI=1S/C21H17F4N3O/c1-12-9-15(22)4-6-17(12)27-19-5-3-14(21(23,24)25)10-16(19)20(29)28-18-7-8-26-11-13(18)2/h3-11,27H,1-2H3,(H,26,28,29). The van der Waals surface area contributed by atoms with Crippen molar-refractivity contribution >= 4 is 23.0 Å². The second kappa shape index (κ2) is 7.90. The monoisotopic (exact) mass is 403 g/mol. The zero-order valence-electron chi connectivity index (χ0n) is 15.6. The van der Waals surface area contributed by atoms with Gasteiger partial charge in [-0.2, -0.15) is 13.2 Å². The number of nitrogens with zero attached hydrogens (tertiary/aromatic N) is 1. The second-order valence-electron chi connectivity index (χ2n) is 6.49. The Kier molecular flexibility index (Phi) is 5.54. The first-order valence-corrected chi connectivity index (χ1v) is 8.61. The van der Waals surface area contributed by atoms with E-state index in [1.165, 1.54) is 36.7 Å². The number of benzene rings is 2. The molecule has 0 aliphatic rings. The number of alkyl halides is 3. The molecule has 0 saturated carbocycles. The zero-order chi connectivity index (χ0) is 21.2. The van der Waals surface area contributed by atoms with Gasteiger partial charge in [0, 0.05) is 23.8 Å². The number of aryl methyl sites for hydroxylation is 2. The van der Waals surface area contributed by atoms with E-state index in [2.05, 4.69) is 15.6 Å². The summed E-state index contributed by atoms with van der Waals surface area (Å²) in [5.74, 6) is -1.15. The van der Waals surface area contributed by atoms with Crippen LogP contribution in [0.1, 0.15) is 27.0 Å². The predicted octanol–water partition coefficient (Wildman–Crippen LogP) is 5.85. The van der Waals surface area contributed by atoms with Crippen LogP contribution < -0.4 is 10.6 Å². The molecule has 8 heteroatoms. The van der Waals surface area contributed by atoms with Crippen molar-refractivity contribution in [3.8, 4) is 0 Å². The van der Waals surface area contributed by atoms with E-state index >= 15 is 0 Å². The van der Waals surface area contributed by atoms with Gasteiger partial charge in [0.05, 0.1) is 16.8 Å². The van der Waals surface area contributed by atoms with Crippen molar-refractivity contribution in [1.82, 2.24) is 4.98 Å². The van der Waals surface area contributed by atoms with Crippen LogP contribution in [-0.2, 0) is 6.18 Å². The highest BCUT2D eigenvalue weighted by molar-refractivity contribution is 6.09. The van der Waals surface area contributed by atoms with Gasteiger partial charge in [-0.25, -0.2) is 4.39 Å². The van der Waals surface area contributed by atoms with Gasteiger partial charge in [0.15, 0.2) is 0 Å². The van der Waals surface area contributed by atoms with Gasteiger partial charge < -0.3 is 10.6 Å². The molecular formula is C21H17F4N3O. The van der Waals surface area contributed by atoms with Crippen LogP contribution in [0.2, 0.25) is 0 Å². The minimum absolute atomic E-state index is 0.164. The summed E-state index contributed by atoms with van der Waals surface area (Å²) in [6.45, 7) is 3.37. The molecule has 0 radical (unpaired) electrons. The average molecular weight is 403 g/mol. The molecule has 0 bridgehead atoms. The lowest BCUT2D eigenvalue weighted by molar-refractivity contribution is -0.137. The van der Waals surface area contributed by atoms with Gasteiger partial charge in [-0.3, -0.25) is 9.78 Å². The molecule has 0 unspecified atom stereocenters. The Morgan fingerprint density at radius 3 is 2.31 bits per heavy atom. The lowest BCUT2D eigenvalue weighted by Gasteiger charge is -2.17. The third kappa shape index (κ3) is 4.71. The Bertz CT molecular complexity index is 1060. The summed E-state index contributed by atoms with van der Waals surface area (Å²) < 4.78 is 52.9. The summed E-state index contributed by atoms with van der Waals surface area (Å²) in [5.41, 5.74) is 1.14. The second-order valence-corrected chi connectivity index (χ2v) is 6.49. The third-order valence-electron chi connectivity index (χ3n) is 4.32. The molecular weight excluding hydrogens is 386 g/mol. The third-order valence-corrected chi connectivity index (χ3v) is 4.32. The molecule has 0 aliphatic carbocycles. The first kappa shape index (κ1) is 20.3. The van der Waals surface area contributed by atoms with Gasteiger partial charge in [-0.05, 0) is 67.4 Å². The number of carbonyl (C=O) groups is 1. The molecule has 1 aromatic heterocycles. The zero-order valence-corrected chi connectivity index (χ0v) is 15.6. The molecule has 2 N–H and O–H groups in total. The Labute approximate surface area is 164 Å². The summed E-state index contributed by atoms with van der Waals surface area (Å²) in [7, 11) is 0. The Morgan fingerprint density at radius 2 is 1.66 bits per heavy atom. The molecule has 150 valence electrons. The highest BCUT2D eigenvalue weighted by Gasteiger charge is 2.32. The topological polar surface area (TPSA) is 54.0 Å². The van der Waals surface area contributed by atoms with Gasteiger partial charge in [0.1, 0.15) is 5.82 Å². The number of amides is 1. The molecule has 0 spiro atoms. The van der Waals surface area contributed by atoms with Crippen molar-refractivity contribution in [2.45, 2.75) is 20.0 Å². The number of hydrogen-bond donors (Lipinski definition) is 2. The van der Waals surface area contributed by atoms with Gasteiger partial charge in [0.25, 0.3) is 5.91 Å². The van der Waals surface area contributed by atoms with Crippen LogP contribution in [0.25, 0.3) is 0 Å². The van der Waals surface area contributed by atoms with Crippen LogP contribution in [-0.4, -0.2) is 10.9 Å². The van der Waals surface area contributed by atoms with Crippen LogP contribution in [0.3, 0.4) is 0 Å². The van der Waals surface area contributed by atoms with Gasteiger partial charge in [-0.15, -0.1) is 0 Å². The van der Waals surface area contributed by atoms with Crippen molar-refractivity contribution in [1.29, 1.82) is 0 Å². The van der Waals surface area contributed by atoms with E-state index in [-0.39, 0.29) is 11.3 Å². The summed E-state index contributed by atoms with van der Waals surface area (Å²) in [5, 5.41) is 5.53. The van der Waals surface area contributed by atoms with E-state index in [0.717, 1.165) is 12.1 Å². The number of halogens is 4.